The summed E-state index contributed by atoms with van der Waals surface area (Å²) in [6, 6.07) is 3.48. The zero-order chi connectivity index (χ0) is 11.4. The standard InChI is InChI=1S/C11H15N3O2/c15-9-5-3-8(4-6-9)13-11(16)10-2-1-7-12-14-10/h1-2,7-9,15H,3-6H2,(H,13,16). The molecule has 16 heavy (non-hydrogen) atoms. The Bertz CT molecular complexity index is 348. The minimum atomic E-state index is -0.204. The maximum absolute atomic E-state index is 11.7. The van der Waals surface area contributed by atoms with Crippen molar-refractivity contribution in [2.75, 3.05) is 0 Å². The Balaban J connectivity index is 1.88. The fourth-order valence-electron chi connectivity index (χ4n) is 1.90. The number of nitrogens with one attached hydrogen (secondary N) is 1. The van der Waals surface area contributed by atoms with Crippen LogP contribution in [0.3, 0.4) is 0 Å². The Hall–Kier alpha value is -1.49. The van der Waals surface area contributed by atoms with Gasteiger partial charge in [-0.05, 0) is 37.8 Å². The third-order valence-corrected chi connectivity index (χ3v) is 2.84. The number of carbonyl (C=O) groups is 1. The lowest BCUT2D eigenvalue weighted by Crippen LogP contribution is -2.38. The van der Waals surface area contributed by atoms with Crippen molar-refractivity contribution >= 4 is 5.91 Å². The van der Waals surface area contributed by atoms with Crippen LogP contribution in [0.4, 0.5) is 0 Å². The van der Waals surface area contributed by atoms with Gasteiger partial charge in [0.15, 0.2) is 5.69 Å². The third-order valence-electron chi connectivity index (χ3n) is 2.84. The van der Waals surface area contributed by atoms with Gasteiger partial charge in [0, 0.05) is 12.2 Å². The van der Waals surface area contributed by atoms with Gasteiger partial charge < -0.3 is 10.4 Å². The second-order valence-corrected chi connectivity index (χ2v) is 4.09. The number of hydrogen-bond acceptors (Lipinski definition) is 4. The second-order valence-electron chi connectivity index (χ2n) is 4.09. The zero-order valence-electron chi connectivity index (χ0n) is 8.97. The normalized spacial score (nSPS) is 25.1. The van der Waals surface area contributed by atoms with Gasteiger partial charge in [-0.2, -0.15) is 5.10 Å². The van der Waals surface area contributed by atoms with Crippen LogP contribution < -0.4 is 5.32 Å². The molecule has 1 saturated carbocycles. The van der Waals surface area contributed by atoms with E-state index in [-0.39, 0.29) is 18.1 Å². The van der Waals surface area contributed by atoms with E-state index in [0.29, 0.717) is 5.69 Å². The molecule has 0 aliphatic heterocycles. The highest BCUT2D eigenvalue weighted by molar-refractivity contribution is 5.92. The van der Waals surface area contributed by atoms with E-state index in [1.54, 1.807) is 12.1 Å². The zero-order valence-corrected chi connectivity index (χ0v) is 8.97. The maximum Gasteiger partial charge on any atom is 0.272 e. The predicted octanol–water partition coefficient (Wildman–Crippen LogP) is 0.510. The fourth-order valence-corrected chi connectivity index (χ4v) is 1.90. The number of hydrogen-bond donors (Lipinski definition) is 2. The summed E-state index contributed by atoms with van der Waals surface area (Å²) in [4.78, 5) is 11.7. The summed E-state index contributed by atoms with van der Waals surface area (Å²) in [5, 5.41) is 19.7. The van der Waals surface area contributed by atoms with Crippen LogP contribution in [0.2, 0.25) is 0 Å². The third kappa shape index (κ3) is 2.76. The van der Waals surface area contributed by atoms with Gasteiger partial charge in [0.25, 0.3) is 5.91 Å². The second kappa shape index (κ2) is 5.03. The van der Waals surface area contributed by atoms with Crippen molar-refractivity contribution < 1.29 is 9.90 Å². The van der Waals surface area contributed by atoms with Gasteiger partial charge in [0.2, 0.25) is 0 Å². The van der Waals surface area contributed by atoms with Crippen LogP contribution in [0.25, 0.3) is 0 Å². The molecule has 1 aliphatic carbocycles. The Morgan fingerprint density at radius 1 is 1.38 bits per heavy atom. The number of rotatable bonds is 2. The smallest absolute Gasteiger partial charge is 0.272 e. The monoisotopic (exact) mass is 221 g/mol. The maximum atomic E-state index is 11.7. The van der Waals surface area contributed by atoms with Crippen LogP contribution in [-0.4, -0.2) is 33.4 Å². The van der Waals surface area contributed by atoms with E-state index in [4.69, 9.17) is 0 Å². The summed E-state index contributed by atoms with van der Waals surface area (Å²) >= 11 is 0. The molecule has 1 aromatic heterocycles. The molecule has 1 fully saturated rings. The first-order chi connectivity index (χ1) is 7.75. The molecule has 0 aromatic carbocycles. The number of carbonyl (C=O) groups excluding carboxylic acids is 1. The molecule has 0 spiro atoms. The Morgan fingerprint density at radius 3 is 2.75 bits per heavy atom. The minimum Gasteiger partial charge on any atom is -0.393 e. The van der Waals surface area contributed by atoms with E-state index in [1.807, 2.05) is 0 Å². The lowest BCUT2D eigenvalue weighted by molar-refractivity contribution is 0.0862. The summed E-state index contributed by atoms with van der Waals surface area (Å²) in [6.45, 7) is 0. The molecule has 1 amide bonds. The quantitative estimate of drug-likeness (QED) is 0.763. The van der Waals surface area contributed by atoms with E-state index in [9.17, 15) is 9.90 Å². The number of aliphatic hydroxyl groups is 1. The van der Waals surface area contributed by atoms with E-state index in [0.717, 1.165) is 25.7 Å². The first-order valence-corrected chi connectivity index (χ1v) is 5.52. The summed E-state index contributed by atoms with van der Waals surface area (Å²) in [5.74, 6) is -0.186. The van der Waals surface area contributed by atoms with E-state index in [1.165, 1.54) is 6.20 Å². The molecule has 5 nitrogen and oxygen atoms in total. The van der Waals surface area contributed by atoms with Crippen molar-refractivity contribution in [3.63, 3.8) is 0 Å². The van der Waals surface area contributed by atoms with Crippen molar-refractivity contribution in [2.45, 2.75) is 37.8 Å². The van der Waals surface area contributed by atoms with E-state index < -0.39 is 0 Å². The number of aliphatic hydroxyl groups excluding tert-OH is 1. The van der Waals surface area contributed by atoms with Gasteiger partial charge in [-0.1, -0.05) is 0 Å². The van der Waals surface area contributed by atoms with Gasteiger partial charge in [-0.3, -0.25) is 4.79 Å². The number of aromatic nitrogens is 2. The van der Waals surface area contributed by atoms with E-state index >= 15 is 0 Å². The van der Waals surface area contributed by atoms with Crippen molar-refractivity contribution in [3.8, 4) is 0 Å². The molecule has 5 heteroatoms. The molecule has 0 unspecified atom stereocenters. The van der Waals surface area contributed by atoms with Crippen LogP contribution in [0, 0.1) is 0 Å². The van der Waals surface area contributed by atoms with E-state index in [2.05, 4.69) is 15.5 Å². The molecular formula is C11H15N3O2. The van der Waals surface area contributed by atoms with Gasteiger partial charge in [0.1, 0.15) is 0 Å². The Kier molecular flexibility index (Phi) is 3.46. The highest BCUT2D eigenvalue weighted by Gasteiger charge is 2.21. The van der Waals surface area contributed by atoms with Gasteiger partial charge in [0.05, 0.1) is 6.10 Å². The van der Waals surface area contributed by atoms with Crippen molar-refractivity contribution in [3.05, 3.63) is 24.0 Å². The molecule has 0 atom stereocenters. The average molecular weight is 221 g/mol. The van der Waals surface area contributed by atoms with Crippen LogP contribution in [0.1, 0.15) is 36.2 Å². The van der Waals surface area contributed by atoms with Crippen molar-refractivity contribution in [1.29, 1.82) is 0 Å². The molecule has 1 heterocycles. The summed E-state index contributed by atoms with van der Waals surface area (Å²) < 4.78 is 0. The molecule has 0 bridgehead atoms. The lowest BCUT2D eigenvalue weighted by atomic mass is 9.93. The van der Waals surface area contributed by atoms with Crippen molar-refractivity contribution in [2.24, 2.45) is 0 Å². The first-order valence-electron chi connectivity index (χ1n) is 5.52. The van der Waals surface area contributed by atoms with Crippen LogP contribution >= 0.6 is 0 Å². The fraction of sp³-hybridized carbons (Fsp3) is 0.545. The largest absolute Gasteiger partial charge is 0.393 e. The van der Waals surface area contributed by atoms with Crippen LogP contribution in [0.15, 0.2) is 18.3 Å². The summed E-state index contributed by atoms with van der Waals surface area (Å²) in [7, 11) is 0. The molecule has 2 N–H and O–H groups in total. The first kappa shape index (κ1) is 11.0. The molecule has 0 saturated heterocycles. The topological polar surface area (TPSA) is 75.1 Å². The summed E-state index contributed by atoms with van der Waals surface area (Å²) in [5.41, 5.74) is 0.341. The van der Waals surface area contributed by atoms with Gasteiger partial charge in [-0.25, -0.2) is 0 Å². The predicted molar refractivity (Wildman–Crippen MR) is 57.8 cm³/mol. The lowest BCUT2D eigenvalue weighted by Gasteiger charge is -2.25. The summed E-state index contributed by atoms with van der Waals surface area (Å²) in [6.07, 6.45) is 4.50. The Morgan fingerprint density at radius 2 is 2.12 bits per heavy atom. The molecule has 1 aliphatic rings. The molecule has 0 radical (unpaired) electrons. The number of amides is 1. The van der Waals surface area contributed by atoms with Crippen LogP contribution in [-0.2, 0) is 0 Å². The minimum absolute atomic E-state index is 0.151. The number of nitrogens with zero attached hydrogens (tertiary/aromatic N) is 2. The Labute approximate surface area is 93.9 Å². The highest BCUT2D eigenvalue weighted by atomic mass is 16.3. The molecule has 1 aromatic rings. The molecular weight excluding hydrogens is 206 g/mol. The average Bonchev–Trinajstić information content (AvgIpc) is 2.33. The van der Waals surface area contributed by atoms with Crippen molar-refractivity contribution in [1.82, 2.24) is 15.5 Å². The molecule has 2 rings (SSSR count). The van der Waals surface area contributed by atoms with Gasteiger partial charge in [-0.15, -0.1) is 5.10 Å². The van der Waals surface area contributed by atoms with Gasteiger partial charge >= 0.3 is 0 Å². The van der Waals surface area contributed by atoms with Crippen LogP contribution in [0.5, 0.6) is 0 Å². The SMILES string of the molecule is O=C(NC1CCC(O)CC1)c1cccnn1. The molecule has 86 valence electrons. The highest BCUT2D eigenvalue weighted by Crippen LogP contribution is 2.18.